The summed E-state index contributed by atoms with van der Waals surface area (Å²) < 4.78 is 42.5. The Morgan fingerprint density at radius 2 is 1.68 bits per heavy atom. The summed E-state index contributed by atoms with van der Waals surface area (Å²) in [6.07, 6.45) is 1.26. The van der Waals surface area contributed by atoms with Gasteiger partial charge in [-0.25, -0.2) is 13.6 Å². The van der Waals surface area contributed by atoms with Crippen LogP contribution in [-0.2, 0) is 14.3 Å². The summed E-state index contributed by atoms with van der Waals surface area (Å²) in [5.41, 5.74) is -0.0450. The van der Waals surface area contributed by atoms with Gasteiger partial charge >= 0.3 is 5.97 Å². The molecule has 1 unspecified atom stereocenters. The molecule has 0 fully saturated rings. The van der Waals surface area contributed by atoms with Gasteiger partial charge in [0, 0.05) is 11.6 Å². The standard InChI is InChI=1S/C20H19F2NO5/c1-12(20(25)23-18-14(21)7-5-8-15(18)22)28-17(24)11-10-13-6-4-9-16(26-2)19(13)27-3/h4-12H,1-3H3,(H,23,25)/b11-10+. The minimum atomic E-state index is -1.27. The number of nitrogens with one attached hydrogen (secondary N) is 1. The van der Waals surface area contributed by atoms with Gasteiger partial charge in [-0.2, -0.15) is 0 Å². The molecule has 0 aliphatic rings. The minimum absolute atomic E-state index is 0.426. The molecule has 2 aromatic carbocycles. The molecule has 0 aromatic heterocycles. The quantitative estimate of drug-likeness (QED) is 0.577. The van der Waals surface area contributed by atoms with Crippen molar-refractivity contribution in [1.29, 1.82) is 0 Å². The van der Waals surface area contributed by atoms with E-state index in [1.165, 1.54) is 33.3 Å². The molecule has 2 rings (SSSR count). The van der Waals surface area contributed by atoms with Gasteiger partial charge in [-0.3, -0.25) is 4.79 Å². The number of ether oxygens (including phenoxy) is 3. The molecule has 0 aliphatic carbocycles. The fraction of sp³-hybridized carbons (Fsp3) is 0.200. The summed E-state index contributed by atoms with van der Waals surface area (Å²) >= 11 is 0. The molecule has 1 amide bonds. The molecule has 6 nitrogen and oxygen atoms in total. The van der Waals surface area contributed by atoms with Crippen molar-refractivity contribution in [3.63, 3.8) is 0 Å². The number of anilines is 1. The number of carbonyl (C=O) groups is 2. The summed E-state index contributed by atoms with van der Waals surface area (Å²) in [6.45, 7) is 1.28. The van der Waals surface area contributed by atoms with E-state index in [-0.39, 0.29) is 0 Å². The third-order valence-corrected chi connectivity index (χ3v) is 3.71. The lowest BCUT2D eigenvalue weighted by molar-refractivity contribution is -0.148. The van der Waals surface area contributed by atoms with E-state index < -0.39 is 35.3 Å². The molecule has 1 atom stereocenters. The summed E-state index contributed by atoms with van der Waals surface area (Å²) in [6, 6.07) is 8.27. The highest BCUT2D eigenvalue weighted by atomic mass is 19.1. The van der Waals surface area contributed by atoms with Crippen molar-refractivity contribution in [2.24, 2.45) is 0 Å². The van der Waals surface area contributed by atoms with Gasteiger partial charge in [0.2, 0.25) is 0 Å². The first-order chi connectivity index (χ1) is 13.4. The van der Waals surface area contributed by atoms with Crippen LogP contribution in [0.4, 0.5) is 14.5 Å². The van der Waals surface area contributed by atoms with Gasteiger partial charge in [-0.15, -0.1) is 0 Å². The Labute approximate surface area is 160 Å². The maximum absolute atomic E-state index is 13.6. The molecule has 8 heteroatoms. The van der Waals surface area contributed by atoms with E-state index in [4.69, 9.17) is 14.2 Å². The van der Waals surface area contributed by atoms with Crippen LogP contribution in [0.25, 0.3) is 6.08 Å². The average molecular weight is 391 g/mol. The summed E-state index contributed by atoms with van der Waals surface area (Å²) in [4.78, 5) is 24.0. The smallest absolute Gasteiger partial charge is 0.331 e. The highest BCUT2D eigenvalue weighted by Crippen LogP contribution is 2.31. The van der Waals surface area contributed by atoms with Gasteiger partial charge in [0.1, 0.15) is 17.3 Å². The molecule has 0 heterocycles. The zero-order valence-electron chi connectivity index (χ0n) is 15.5. The van der Waals surface area contributed by atoms with E-state index in [2.05, 4.69) is 5.32 Å². The van der Waals surface area contributed by atoms with E-state index in [1.807, 2.05) is 0 Å². The Morgan fingerprint density at radius 3 is 2.29 bits per heavy atom. The summed E-state index contributed by atoms with van der Waals surface area (Å²) in [7, 11) is 2.94. The zero-order chi connectivity index (χ0) is 20.7. The Hall–Kier alpha value is -3.42. The predicted octanol–water partition coefficient (Wildman–Crippen LogP) is 3.57. The van der Waals surface area contributed by atoms with E-state index >= 15 is 0 Å². The van der Waals surface area contributed by atoms with Crippen LogP contribution in [0.3, 0.4) is 0 Å². The van der Waals surface area contributed by atoms with Crippen LogP contribution in [0.15, 0.2) is 42.5 Å². The second-order valence-corrected chi connectivity index (χ2v) is 5.58. The van der Waals surface area contributed by atoms with Crippen molar-refractivity contribution in [3.8, 4) is 11.5 Å². The van der Waals surface area contributed by atoms with Crippen molar-refractivity contribution in [2.75, 3.05) is 19.5 Å². The SMILES string of the molecule is COc1cccc(/C=C/C(=O)OC(C)C(=O)Nc2c(F)cccc2F)c1OC. The number of carbonyl (C=O) groups excluding carboxylic acids is 2. The second-order valence-electron chi connectivity index (χ2n) is 5.58. The van der Waals surface area contributed by atoms with Gasteiger partial charge in [0.05, 0.1) is 14.2 Å². The number of rotatable bonds is 7. The van der Waals surface area contributed by atoms with Crippen LogP contribution in [0.2, 0.25) is 0 Å². The molecule has 28 heavy (non-hydrogen) atoms. The van der Waals surface area contributed by atoms with Crippen molar-refractivity contribution >= 4 is 23.6 Å². The fourth-order valence-corrected chi connectivity index (χ4v) is 2.31. The topological polar surface area (TPSA) is 73.9 Å². The van der Waals surface area contributed by atoms with Crippen molar-refractivity contribution in [3.05, 3.63) is 59.7 Å². The van der Waals surface area contributed by atoms with Gasteiger partial charge in [-0.1, -0.05) is 18.2 Å². The summed E-state index contributed by atoms with van der Waals surface area (Å²) in [5.74, 6) is -2.65. The third-order valence-electron chi connectivity index (χ3n) is 3.71. The van der Waals surface area contributed by atoms with E-state index in [0.29, 0.717) is 17.1 Å². The van der Waals surface area contributed by atoms with Crippen LogP contribution in [0.1, 0.15) is 12.5 Å². The number of hydrogen-bond acceptors (Lipinski definition) is 5. The molecule has 0 bridgehead atoms. The maximum atomic E-state index is 13.6. The lowest BCUT2D eigenvalue weighted by atomic mass is 10.1. The molecule has 1 N–H and O–H groups in total. The second kappa shape index (κ2) is 9.50. The van der Waals surface area contributed by atoms with Crippen molar-refractivity contribution < 1.29 is 32.6 Å². The number of para-hydroxylation sites is 2. The molecular formula is C20H19F2NO5. The highest BCUT2D eigenvalue weighted by Gasteiger charge is 2.20. The minimum Gasteiger partial charge on any atom is -0.493 e. The number of benzene rings is 2. The van der Waals surface area contributed by atoms with Crippen LogP contribution < -0.4 is 14.8 Å². The van der Waals surface area contributed by atoms with Crippen molar-refractivity contribution in [1.82, 2.24) is 0 Å². The van der Waals surface area contributed by atoms with Gasteiger partial charge in [-0.05, 0) is 31.2 Å². The Balaban J connectivity index is 2.03. The number of amides is 1. The molecule has 148 valence electrons. The largest absolute Gasteiger partial charge is 0.493 e. The molecule has 0 spiro atoms. The average Bonchev–Trinajstić information content (AvgIpc) is 2.68. The Morgan fingerprint density at radius 1 is 1.04 bits per heavy atom. The lowest BCUT2D eigenvalue weighted by Gasteiger charge is -2.13. The first kappa shape index (κ1) is 20.9. The molecular weight excluding hydrogens is 372 g/mol. The highest BCUT2D eigenvalue weighted by molar-refractivity contribution is 5.96. The molecule has 0 saturated carbocycles. The molecule has 0 aliphatic heterocycles. The number of methoxy groups -OCH3 is 2. The fourth-order valence-electron chi connectivity index (χ4n) is 2.31. The van der Waals surface area contributed by atoms with E-state index in [1.54, 1.807) is 18.2 Å². The van der Waals surface area contributed by atoms with Crippen LogP contribution in [0, 0.1) is 11.6 Å². The number of esters is 1. The van der Waals surface area contributed by atoms with Crippen LogP contribution in [0.5, 0.6) is 11.5 Å². The summed E-state index contributed by atoms with van der Waals surface area (Å²) in [5, 5.41) is 2.06. The first-order valence-electron chi connectivity index (χ1n) is 8.22. The van der Waals surface area contributed by atoms with Crippen LogP contribution >= 0.6 is 0 Å². The zero-order valence-corrected chi connectivity index (χ0v) is 15.5. The first-order valence-corrected chi connectivity index (χ1v) is 8.22. The maximum Gasteiger partial charge on any atom is 0.331 e. The van der Waals surface area contributed by atoms with Crippen LogP contribution in [-0.4, -0.2) is 32.2 Å². The molecule has 2 aromatic rings. The molecule has 0 saturated heterocycles. The normalized spacial score (nSPS) is 11.8. The van der Waals surface area contributed by atoms with Gasteiger partial charge in [0.25, 0.3) is 5.91 Å². The van der Waals surface area contributed by atoms with Crippen molar-refractivity contribution in [2.45, 2.75) is 13.0 Å². The van der Waals surface area contributed by atoms with Gasteiger partial charge in [0.15, 0.2) is 17.6 Å². The number of halogens is 2. The molecule has 0 radical (unpaired) electrons. The third kappa shape index (κ3) is 5.06. The monoisotopic (exact) mass is 391 g/mol. The Kier molecular flexibility index (Phi) is 7.08. The van der Waals surface area contributed by atoms with Gasteiger partial charge < -0.3 is 19.5 Å². The lowest BCUT2D eigenvalue weighted by Crippen LogP contribution is -2.30. The number of hydrogen-bond donors (Lipinski definition) is 1. The predicted molar refractivity (Wildman–Crippen MR) is 99.1 cm³/mol. The van der Waals surface area contributed by atoms with E-state index in [0.717, 1.165) is 18.2 Å². The Bertz CT molecular complexity index is 878. The van der Waals surface area contributed by atoms with E-state index in [9.17, 15) is 18.4 Å².